The molecule has 134 valence electrons. The van der Waals surface area contributed by atoms with Crippen molar-refractivity contribution < 1.29 is 22.7 Å². The van der Waals surface area contributed by atoms with Gasteiger partial charge in [0.1, 0.15) is 10.7 Å². The number of sulfonamides is 1. The smallest absolute Gasteiger partial charge is 0.335 e. The van der Waals surface area contributed by atoms with Crippen molar-refractivity contribution in [3.05, 3.63) is 77.6 Å². The molecule has 7 heteroatoms. The first kappa shape index (κ1) is 18.0. The lowest BCUT2D eigenvalue weighted by Crippen LogP contribution is -2.27. The van der Waals surface area contributed by atoms with Gasteiger partial charge >= 0.3 is 5.97 Å². The third kappa shape index (κ3) is 3.74. The van der Waals surface area contributed by atoms with Crippen LogP contribution in [-0.4, -0.2) is 26.0 Å². The van der Waals surface area contributed by atoms with Crippen LogP contribution in [-0.2, 0) is 16.4 Å². The lowest BCUT2D eigenvalue weighted by atomic mass is 10.0. The van der Waals surface area contributed by atoms with Crippen LogP contribution in [0.15, 0.2) is 65.6 Å². The first-order chi connectivity index (χ1) is 12.4. The number of rotatable bonds is 6. The number of carbonyl (C=O) groups is 1. The lowest BCUT2D eigenvalue weighted by molar-refractivity contribution is 0.0696. The minimum Gasteiger partial charge on any atom is -0.478 e. The van der Waals surface area contributed by atoms with Crippen molar-refractivity contribution in [3.63, 3.8) is 0 Å². The molecule has 0 spiro atoms. The van der Waals surface area contributed by atoms with E-state index in [2.05, 4.69) is 4.72 Å². The molecule has 0 aliphatic heterocycles. The maximum atomic E-state index is 13.9. The maximum absolute atomic E-state index is 13.9. The van der Waals surface area contributed by atoms with E-state index in [0.29, 0.717) is 6.42 Å². The molecule has 0 radical (unpaired) electrons. The summed E-state index contributed by atoms with van der Waals surface area (Å²) in [7, 11) is -4.16. The quantitative estimate of drug-likeness (QED) is 0.695. The van der Waals surface area contributed by atoms with Crippen LogP contribution in [0.5, 0.6) is 0 Å². The van der Waals surface area contributed by atoms with Crippen molar-refractivity contribution in [3.8, 4) is 0 Å². The van der Waals surface area contributed by atoms with Crippen molar-refractivity contribution in [2.45, 2.75) is 11.3 Å². The van der Waals surface area contributed by atoms with Crippen LogP contribution in [0.2, 0.25) is 0 Å². The Hall–Kier alpha value is -2.77. The standard InChI is InChI=1S/C19H16FNO4S/c20-17-9-8-15(19(22)23)12-18(17)26(24,25)21-11-10-14-6-3-5-13-4-1-2-7-16(13)14/h1-9,12,21H,10-11H2,(H,22,23). The molecule has 0 atom stereocenters. The summed E-state index contributed by atoms with van der Waals surface area (Å²) in [5, 5.41) is 11.0. The highest BCUT2D eigenvalue weighted by Crippen LogP contribution is 2.20. The van der Waals surface area contributed by atoms with Crippen molar-refractivity contribution >= 4 is 26.8 Å². The Bertz CT molecular complexity index is 1070. The zero-order valence-corrected chi connectivity index (χ0v) is 14.5. The van der Waals surface area contributed by atoms with Gasteiger partial charge in [-0.2, -0.15) is 0 Å². The Balaban J connectivity index is 1.79. The lowest BCUT2D eigenvalue weighted by Gasteiger charge is -2.10. The van der Waals surface area contributed by atoms with Crippen LogP contribution in [0.1, 0.15) is 15.9 Å². The van der Waals surface area contributed by atoms with Crippen LogP contribution in [0.3, 0.4) is 0 Å². The molecule has 5 nitrogen and oxygen atoms in total. The number of fused-ring (bicyclic) bond motifs is 1. The van der Waals surface area contributed by atoms with Gasteiger partial charge in [0, 0.05) is 6.54 Å². The van der Waals surface area contributed by atoms with Crippen LogP contribution in [0.4, 0.5) is 4.39 Å². The number of carboxylic acids is 1. The Morgan fingerprint density at radius 2 is 1.77 bits per heavy atom. The molecule has 0 aromatic heterocycles. The predicted molar refractivity (Wildman–Crippen MR) is 96.2 cm³/mol. The molecule has 0 bridgehead atoms. The highest BCUT2D eigenvalue weighted by Gasteiger charge is 2.20. The minimum absolute atomic E-state index is 0.0626. The molecule has 0 unspecified atom stereocenters. The van der Waals surface area contributed by atoms with Crippen molar-refractivity contribution in [2.24, 2.45) is 0 Å². The number of hydrogen-bond donors (Lipinski definition) is 2. The summed E-state index contributed by atoms with van der Waals surface area (Å²) >= 11 is 0. The van der Waals surface area contributed by atoms with Gasteiger partial charge in [0.25, 0.3) is 0 Å². The molecule has 0 heterocycles. The van der Waals surface area contributed by atoms with E-state index >= 15 is 0 Å². The summed E-state index contributed by atoms with van der Waals surface area (Å²) in [6.45, 7) is 0.0626. The van der Waals surface area contributed by atoms with E-state index < -0.39 is 26.7 Å². The van der Waals surface area contributed by atoms with Crippen molar-refractivity contribution in [1.29, 1.82) is 0 Å². The predicted octanol–water partition coefficient (Wildman–Crippen LogP) is 3.20. The van der Waals surface area contributed by atoms with E-state index in [0.717, 1.165) is 34.5 Å². The van der Waals surface area contributed by atoms with E-state index in [4.69, 9.17) is 5.11 Å². The first-order valence-corrected chi connectivity index (χ1v) is 9.36. The Morgan fingerprint density at radius 1 is 1.04 bits per heavy atom. The average Bonchev–Trinajstić information content (AvgIpc) is 2.62. The van der Waals surface area contributed by atoms with E-state index in [1.807, 2.05) is 42.5 Å². The Morgan fingerprint density at radius 3 is 2.54 bits per heavy atom. The van der Waals surface area contributed by atoms with Gasteiger partial charge in [-0.25, -0.2) is 22.3 Å². The number of aromatic carboxylic acids is 1. The van der Waals surface area contributed by atoms with Crippen LogP contribution in [0, 0.1) is 5.82 Å². The largest absolute Gasteiger partial charge is 0.478 e. The van der Waals surface area contributed by atoms with Gasteiger partial charge in [0.15, 0.2) is 0 Å². The van der Waals surface area contributed by atoms with Gasteiger partial charge in [0.05, 0.1) is 5.56 Å². The normalized spacial score (nSPS) is 11.6. The molecule has 0 aliphatic rings. The summed E-state index contributed by atoms with van der Waals surface area (Å²) in [5.74, 6) is -2.31. The fourth-order valence-corrected chi connectivity index (χ4v) is 3.88. The molecule has 0 saturated carbocycles. The third-order valence-corrected chi connectivity index (χ3v) is 5.51. The Kier molecular flexibility index (Phi) is 5.01. The summed E-state index contributed by atoms with van der Waals surface area (Å²) in [6, 6.07) is 16.2. The van der Waals surface area contributed by atoms with E-state index in [1.165, 1.54) is 0 Å². The summed E-state index contributed by atoms with van der Waals surface area (Å²) in [5.41, 5.74) is 0.673. The zero-order valence-electron chi connectivity index (χ0n) is 13.6. The molecule has 0 fully saturated rings. The van der Waals surface area contributed by atoms with E-state index in [-0.39, 0.29) is 12.1 Å². The monoisotopic (exact) mass is 373 g/mol. The molecular weight excluding hydrogens is 357 g/mol. The van der Waals surface area contributed by atoms with E-state index in [9.17, 15) is 17.6 Å². The highest BCUT2D eigenvalue weighted by atomic mass is 32.2. The number of nitrogens with one attached hydrogen (secondary N) is 1. The second-order valence-electron chi connectivity index (χ2n) is 5.74. The minimum atomic E-state index is -4.16. The summed E-state index contributed by atoms with van der Waals surface area (Å²) < 4.78 is 40.9. The molecule has 3 rings (SSSR count). The number of carboxylic acid groups (broad SMARTS) is 1. The molecule has 3 aromatic carbocycles. The second kappa shape index (κ2) is 7.23. The van der Waals surface area contributed by atoms with Gasteiger partial charge in [-0.3, -0.25) is 0 Å². The van der Waals surface area contributed by atoms with Crippen LogP contribution in [0.25, 0.3) is 10.8 Å². The highest BCUT2D eigenvalue weighted by molar-refractivity contribution is 7.89. The van der Waals surface area contributed by atoms with Gasteiger partial charge in [0.2, 0.25) is 10.0 Å². The third-order valence-electron chi connectivity index (χ3n) is 4.03. The average molecular weight is 373 g/mol. The first-order valence-electron chi connectivity index (χ1n) is 7.87. The fourth-order valence-electron chi connectivity index (χ4n) is 2.75. The second-order valence-corrected chi connectivity index (χ2v) is 7.47. The van der Waals surface area contributed by atoms with E-state index in [1.54, 1.807) is 0 Å². The van der Waals surface area contributed by atoms with Crippen LogP contribution >= 0.6 is 0 Å². The molecule has 3 aromatic rings. The van der Waals surface area contributed by atoms with Crippen LogP contribution < -0.4 is 4.72 Å². The van der Waals surface area contributed by atoms with Gasteiger partial charge in [-0.15, -0.1) is 0 Å². The van der Waals surface area contributed by atoms with Gasteiger partial charge in [-0.1, -0.05) is 42.5 Å². The topological polar surface area (TPSA) is 83.5 Å². The molecule has 0 saturated heterocycles. The number of halogens is 1. The molecule has 2 N–H and O–H groups in total. The summed E-state index contributed by atoms with van der Waals surface area (Å²) in [6.07, 6.45) is 0.417. The Labute approximate surface area is 150 Å². The number of hydrogen-bond acceptors (Lipinski definition) is 3. The maximum Gasteiger partial charge on any atom is 0.335 e. The zero-order chi connectivity index (χ0) is 18.7. The van der Waals surface area contributed by atoms with Gasteiger partial charge in [-0.05, 0) is 41.0 Å². The fraction of sp³-hybridized carbons (Fsp3) is 0.105. The van der Waals surface area contributed by atoms with Crippen molar-refractivity contribution in [1.82, 2.24) is 4.72 Å². The molecule has 0 aliphatic carbocycles. The summed E-state index contributed by atoms with van der Waals surface area (Å²) in [4.78, 5) is 10.3. The van der Waals surface area contributed by atoms with Crippen molar-refractivity contribution in [2.75, 3.05) is 6.54 Å². The molecule has 26 heavy (non-hydrogen) atoms. The molecule has 0 amide bonds. The van der Waals surface area contributed by atoms with Gasteiger partial charge < -0.3 is 5.11 Å². The number of benzene rings is 3. The SMILES string of the molecule is O=C(O)c1ccc(F)c(S(=O)(=O)NCCc2cccc3ccccc23)c1. The molecular formula is C19H16FNO4S.